The van der Waals surface area contributed by atoms with Gasteiger partial charge in [-0.3, -0.25) is 9.08 Å². The third-order valence-corrected chi connectivity index (χ3v) is 5.56. The topological polar surface area (TPSA) is 65.4 Å². The molecule has 30 heavy (non-hydrogen) atoms. The van der Waals surface area contributed by atoms with Crippen molar-refractivity contribution in [3.8, 4) is 0 Å². The summed E-state index contributed by atoms with van der Waals surface area (Å²) >= 11 is 0. The number of rotatable bonds is 6. The van der Waals surface area contributed by atoms with Crippen molar-refractivity contribution < 1.29 is 25.9 Å². The van der Waals surface area contributed by atoms with E-state index in [0.29, 0.717) is 41.0 Å². The van der Waals surface area contributed by atoms with Gasteiger partial charge in [0, 0.05) is 6.07 Å². The lowest BCUT2D eigenvalue weighted by Crippen LogP contribution is -2.33. The Labute approximate surface area is 171 Å². The second-order valence-corrected chi connectivity index (χ2v) is 8.22. The summed E-state index contributed by atoms with van der Waals surface area (Å²) in [6, 6.07) is 15.1. The number of aromatic nitrogens is 1. The van der Waals surface area contributed by atoms with Crippen LogP contribution < -0.4 is 9.84 Å². The minimum atomic E-state index is -4.60. The molecule has 9 heteroatoms. The van der Waals surface area contributed by atoms with Crippen LogP contribution in [0.25, 0.3) is 0 Å². The summed E-state index contributed by atoms with van der Waals surface area (Å²) in [5, 5.41) is 0. The quantitative estimate of drug-likeness (QED) is 0.589. The van der Waals surface area contributed by atoms with Crippen molar-refractivity contribution in [1.29, 1.82) is 0 Å². The zero-order valence-electron chi connectivity index (χ0n) is 15.9. The van der Waals surface area contributed by atoms with Gasteiger partial charge in [0.1, 0.15) is 4.90 Å². The first-order valence-electron chi connectivity index (χ1n) is 8.95. The smallest absolute Gasteiger partial charge is 0.280 e. The van der Waals surface area contributed by atoms with Crippen LogP contribution in [0.2, 0.25) is 0 Å². The monoisotopic (exact) mass is 437 g/mol. The van der Waals surface area contributed by atoms with E-state index >= 15 is 0 Å². The van der Waals surface area contributed by atoms with Crippen LogP contribution in [0.5, 0.6) is 0 Å². The summed E-state index contributed by atoms with van der Waals surface area (Å²) in [6.45, 7) is 1.70. The van der Waals surface area contributed by atoms with Gasteiger partial charge in [-0.25, -0.2) is 0 Å². The zero-order chi connectivity index (χ0) is 21.9. The van der Waals surface area contributed by atoms with Crippen LogP contribution in [0, 0.1) is 6.92 Å². The fraction of sp³-hybridized carbons (Fsp3) is 0.190. The Kier molecular flexibility index (Phi) is 6.02. The van der Waals surface area contributed by atoms with E-state index in [0.717, 1.165) is 17.7 Å². The van der Waals surface area contributed by atoms with E-state index in [1.54, 1.807) is 13.0 Å². The third-order valence-electron chi connectivity index (χ3n) is 4.36. The lowest BCUT2D eigenvalue weighted by atomic mass is 10.1. The number of pyridine rings is 1. The highest BCUT2D eigenvalue weighted by Crippen LogP contribution is 2.29. The molecule has 0 aliphatic heterocycles. The summed E-state index contributed by atoms with van der Waals surface area (Å²) in [4.78, 5) is 11.9. The van der Waals surface area contributed by atoms with Gasteiger partial charge in [0.05, 0.1) is 11.3 Å². The van der Waals surface area contributed by atoms with E-state index in [2.05, 4.69) is 0 Å². The number of alkyl halides is 3. The molecule has 5 nitrogen and oxygen atoms in total. The first kappa shape index (κ1) is 21.6. The molecule has 0 radical (unpaired) electrons. The predicted octanol–water partition coefficient (Wildman–Crippen LogP) is 3.78. The Bertz CT molecular complexity index is 1190. The molecule has 0 N–H and O–H groups in total. The van der Waals surface area contributed by atoms with Crippen molar-refractivity contribution in [3.05, 3.63) is 99.5 Å². The van der Waals surface area contributed by atoms with Gasteiger partial charge in [-0.1, -0.05) is 30.3 Å². The number of hydrogen-bond donors (Lipinski definition) is 0. The van der Waals surface area contributed by atoms with E-state index in [4.69, 9.17) is 4.28 Å². The van der Waals surface area contributed by atoms with Crippen LogP contribution >= 0.6 is 0 Å². The molecule has 0 aliphatic rings. The predicted molar refractivity (Wildman–Crippen MR) is 104 cm³/mol. The maximum atomic E-state index is 12.7. The van der Waals surface area contributed by atoms with Gasteiger partial charge in [0.25, 0.3) is 5.56 Å². The van der Waals surface area contributed by atoms with Crippen molar-refractivity contribution in [2.75, 3.05) is 0 Å². The Morgan fingerprint density at radius 3 is 2.17 bits per heavy atom. The summed E-state index contributed by atoms with van der Waals surface area (Å²) in [7, 11) is -4.52. The molecule has 0 saturated carbocycles. The largest absolute Gasteiger partial charge is 0.416 e. The van der Waals surface area contributed by atoms with Crippen LogP contribution in [0.3, 0.4) is 0 Å². The number of aryl methyl sites for hydroxylation is 3. The van der Waals surface area contributed by atoms with E-state index < -0.39 is 32.3 Å². The second-order valence-electron chi connectivity index (χ2n) is 6.69. The van der Waals surface area contributed by atoms with Crippen molar-refractivity contribution in [2.24, 2.45) is 0 Å². The molecule has 0 saturated heterocycles. The summed E-state index contributed by atoms with van der Waals surface area (Å²) in [5.41, 5.74) is 0.281. The minimum Gasteiger partial charge on any atom is -0.280 e. The normalized spacial score (nSPS) is 12.0. The minimum absolute atomic E-state index is 0.323. The Balaban J connectivity index is 1.90. The molecular weight excluding hydrogens is 419 g/mol. The van der Waals surface area contributed by atoms with Gasteiger partial charge in [0.15, 0.2) is 0 Å². The summed E-state index contributed by atoms with van der Waals surface area (Å²) in [6.07, 6.45) is -3.74. The molecule has 0 spiro atoms. The second kappa shape index (κ2) is 8.35. The average molecular weight is 437 g/mol. The average Bonchev–Trinajstić information content (AvgIpc) is 2.69. The van der Waals surface area contributed by atoms with Gasteiger partial charge in [0.2, 0.25) is 0 Å². The number of halogens is 3. The number of benzene rings is 2. The Morgan fingerprint density at radius 1 is 0.933 bits per heavy atom. The maximum Gasteiger partial charge on any atom is 0.416 e. The Hall–Kier alpha value is -3.07. The summed E-state index contributed by atoms with van der Waals surface area (Å²) < 4.78 is 68.9. The van der Waals surface area contributed by atoms with E-state index in [-0.39, 0.29) is 0 Å². The fourth-order valence-electron chi connectivity index (χ4n) is 2.89. The highest BCUT2D eigenvalue weighted by Gasteiger charge is 2.31. The van der Waals surface area contributed by atoms with Gasteiger partial charge in [-0.05, 0) is 61.2 Å². The van der Waals surface area contributed by atoms with E-state index in [9.17, 15) is 26.4 Å². The van der Waals surface area contributed by atoms with Crippen molar-refractivity contribution >= 4 is 10.1 Å². The van der Waals surface area contributed by atoms with Crippen molar-refractivity contribution in [1.82, 2.24) is 4.73 Å². The van der Waals surface area contributed by atoms with Gasteiger partial charge in [-0.15, -0.1) is 4.73 Å². The molecule has 158 valence electrons. The van der Waals surface area contributed by atoms with Gasteiger partial charge >= 0.3 is 16.3 Å². The number of hydrogen-bond acceptors (Lipinski definition) is 4. The molecule has 0 fully saturated rings. The fourth-order valence-corrected chi connectivity index (χ4v) is 3.81. The lowest BCUT2D eigenvalue weighted by Gasteiger charge is -2.14. The molecule has 0 amide bonds. The molecule has 3 rings (SSSR count). The van der Waals surface area contributed by atoms with Crippen LogP contribution in [0.1, 0.15) is 22.4 Å². The van der Waals surface area contributed by atoms with Crippen molar-refractivity contribution in [3.63, 3.8) is 0 Å². The van der Waals surface area contributed by atoms with E-state index in [1.807, 2.05) is 30.3 Å². The van der Waals surface area contributed by atoms with Crippen LogP contribution in [0.15, 0.2) is 76.4 Å². The van der Waals surface area contributed by atoms with Crippen LogP contribution in [0.4, 0.5) is 13.2 Å². The first-order valence-corrected chi connectivity index (χ1v) is 10.4. The highest BCUT2D eigenvalue weighted by molar-refractivity contribution is 7.87. The third kappa shape index (κ3) is 5.10. The van der Waals surface area contributed by atoms with Crippen molar-refractivity contribution in [2.45, 2.75) is 30.8 Å². The van der Waals surface area contributed by atoms with Gasteiger partial charge < -0.3 is 0 Å². The molecule has 1 aromatic heterocycles. The molecular formula is C21H18F3NO4S. The molecule has 1 heterocycles. The summed E-state index contributed by atoms with van der Waals surface area (Å²) in [5.74, 6) is 0. The first-order chi connectivity index (χ1) is 14.1. The zero-order valence-corrected chi connectivity index (χ0v) is 16.7. The molecule has 0 aliphatic carbocycles. The van der Waals surface area contributed by atoms with Gasteiger partial charge in [-0.2, -0.15) is 21.6 Å². The highest BCUT2D eigenvalue weighted by atomic mass is 32.2. The molecule has 0 bridgehead atoms. The van der Waals surface area contributed by atoms with Crippen LogP contribution in [-0.2, 0) is 29.1 Å². The SMILES string of the molecule is Cc1cc(CCc2ccccc2)n(OS(=O)(=O)c2ccc(C(F)(F)F)cc2)c(=O)c1. The number of nitrogens with zero attached hydrogens (tertiary/aromatic N) is 1. The Morgan fingerprint density at radius 2 is 1.57 bits per heavy atom. The van der Waals surface area contributed by atoms with Crippen LogP contribution in [-0.4, -0.2) is 13.1 Å². The molecule has 0 unspecified atom stereocenters. The molecule has 3 aromatic rings. The lowest BCUT2D eigenvalue weighted by molar-refractivity contribution is -0.137. The maximum absolute atomic E-state index is 12.7. The standard InChI is InChI=1S/C21H18F3NO4S/c1-15-13-18(10-7-16-5-3-2-4-6-16)25(20(26)14-15)29-30(27,28)19-11-8-17(9-12-19)21(22,23)24/h2-6,8-9,11-14H,7,10H2,1H3. The van der Waals surface area contributed by atoms with E-state index in [1.165, 1.54) is 6.07 Å². The molecule has 0 atom stereocenters. The molecule has 2 aromatic carbocycles.